The number of hydrogen-bond donors (Lipinski definition) is 18. The first-order valence-electron chi connectivity index (χ1n) is 35.1. The maximum atomic E-state index is 14.9. The van der Waals surface area contributed by atoms with Crippen LogP contribution in [0.3, 0.4) is 0 Å². The Kier molecular flexibility index (Phi) is 34.7. The molecule has 0 aliphatic carbocycles. The number of aromatic amines is 2. The summed E-state index contributed by atoms with van der Waals surface area (Å²) in [4.78, 5) is 211. The van der Waals surface area contributed by atoms with Gasteiger partial charge < -0.3 is 95.7 Å². The second-order valence-corrected chi connectivity index (χ2v) is 25.9. The molecule has 2 fully saturated rings. The van der Waals surface area contributed by atoms with Crippen molar-refractivity contribution in [2.75, 3.05) is 105 Å². The van der Waals surface area contributed by atoms with E-state index < -0.39 is 145 Å². The van der Waals surface area contributed by atoms with Gasteiger partial charge in [0.2, 0.25) is 65.0 Å². The number of carbonyl (C=O) groups excluding carboxylic acids is 11. The fourth-order valence-electron chi connectivity index (χ4n) is 11.9. The molecule has 6 rings (SSSR count). The highest BCUT2D eigenvalue weighted by Gasteiger charge is 2.36. The molecule has 2 aliphatic rings. The van der Waals surface area contributed by atoms with Gasteiger partial charge in [-0.2, -0.15) is 0 Å². The summed E-state index contributed by atoms with van der Waals surface area (Å²) in [5.41, 5.74) is 19.3. The van der Waals surface area contributed by atoms with E-state index in [1.165, 1.54) is 12.5 Å². The van der Waals surface area contributed by atoms with Gasteiger partial charge in [0.05, 0.1) is 52.0 Å². The Morgan fingerprint density at radius 1 is 0.604 bits per heavy atom. The molecule has 21 N–H and O–H groups in total. The van der Waals surface area contributed by atoms with E-state index in [0.29, 0.717) is 29.7 Å². The van der Waals surface area contributed by atoms with Crippen molar-refractivity contribution < 1.29 is 82.4 Å². The number of nitrogens with zero attached hydrogens (tertiary/aromatic N) is 6. The molecular weight excluding hydrogens is 1380 g/mol. The number of fused-ring (bicyclic) bond motifs is 1. The largest absolute Gasteiger partial charge is 0.480 e. The van der Waals surface area contributed by atoms with Gasteiger partial charge >= 0.3 is 17.9 Å². The highest BCUT2D eigenvalue weighted by molar-refractivity contribution is 5.99. The molecule has 0 radical (unpaired) electrons. The molecule has 106 heavy (non-hydrogen) atoms. The van der Waals surface area contributed by atoms with E-state index in [9.17, 15) is 82.4 Å². The van der Waals surface area contributed by atoms with Crippen molar-refractivity contribution in [1.29, 1.82) is 0 Å². The second-order valence-electron chi connectivity index (χ2n) is 25.9. The number of aliphatic imine (C=N–C) groups is 1. The Balaban J connectivity index is 1.21. The number of hydrogen-bond acceptors (Lipinski definition) is 20. The van der Waals surface area contributed by atoms with E-state index >= 15 is 0 Å². The van der Waals surface area contributed by atoms with E-state index in [1.54, 1.807) is 69.1 Å². The molecule has 2 aliphatic heterocycles. The van der Waals surface area contributed by atoms with Crippen LogP contribution in [-0.2, 0) is 86.4 Å². The number of aliphatic carboxylic acids is 3. The fourth-order valence-corrected chi connectivity index (χ4v) is 11.9. The van der Waals surface area contributed by atoms with Gasteiger partial charge in [-0.1, -0.05) is 68.3 Å². The number of carboxylic acid groups (broad SMARTS) is 3. The Morgan fingerprint density at radius 2 is 1.14 bits per heavy atom. The normalized spacial score (nSPS) is 20.5. The summed E-state index contributed by atoms with van der Waals surface area (Å²) in [5.74, 6) is -13.2. The number of rotatable bonds is 29. The molecular formula is C68H99N21O17. The zero-order valence-electron chi connectivity index (χ0n) is 59.2. The molecule has 0 unspecified atom stereocenters. The number of para-hydroxylation sites is 1. The minimum Gasteiger partial charge on any atom is -0.480 e. The molecule has 2 aromatic heterocycles. The van der Waals surface area contributed by atoms with Crippen molar-refractivity contribution in [2.24, 2.45) is 22.2 Å². The Labute approximate surface area is 611 Å². The van der Waals surface area contributed by atoms with Crippen LogP contribution in [-0.4, -0.2) is 286 Å². The van der Waals surface area contributed by atoms with E-state index in [-0.39, 0.29) is 155 Å². The average Bonchev–Trinajstić information content (AvgIpc) is 1.61. The van der Waals surface area contributed by atoms with Crippen molar-refractivity contribution in [3.63, 3.8) is 0 Å². The number of benzene rings is 2. The Hall–Kier alpha value is -11.1. The van der Waals surface area contributed by atoms with Crippen LogP contribution in [0.15, 0.2) is 78.3 Å². The number of primary amides is 1. The standard InChI is InChI=1S/C68H99N21O17/c1-2-3-15-48(79-56(92)36-76-55(91)35-77-57(93)37-86-21-23-87(38-58(94)95)25-27-89(40-60(98)99)28-26-88(24-22-86)39-59(96)97)62(101)85-53-32-54(90)73-19-10-9-17-47(61(69)100)80-65(104)51(30-43-33-75-46-16-8-7-14-45(43)46)83-63(102)49(18-11-20-74-68(70)71)81-64(103)50(29-42-12-5-4-6-13-42)82-66(105)52(84-67(53)106)31-44-34-72-41-78-44/h4-8,12-14,16,33-34,41,47-53,75H,2-3,9-11,15,17-32,35-40H2,1H3,(H2,69,100)(H,72,78)(H,73,90)(H,76,91)(H,77,93)(H,79,92)(H,80,104)(H,81,103)(H,82,105)(H,83,102)(H,84,106)(H,85,101)(H,94,95)(H,96,97)(H,98,99)(H4,70,71,74)/t47-,48-,49-,50+,51-,52-,53-/m0/s1. The summed E-state index contributed by atoms with van der Waals surface area (Å²) >= 11 is 0. The van der Waals surface area contributed by atoms with E-state index in [1.807, 2.05) is 18.2 Å². The van der Waals surface area contributed by atoms with Crippen molar-refractivity contribution in [1.82, 2.24) is 87.7 Å². The van der Waals surface area contributed by atoms with E-state index in [0.717, 1.165) is 10.9 Å². The maximum absolute atomic E-state index is 14.9. The fraction of sp³-hybridized carbons (Fsp3) is 0.529. The summed E-state index contributed by atoms with van der Waals surface area (Å²) in [6, 6.07) is 5.35. The summed E-state index contributed by atoms with van der Waals surface area (Å²) < 4.78 is 0. The minimum absolute atomic E-state index is 0.0109. The van der Waals surface area contributed by atoms with Crippen LogP contribution in [0.5, 0.6) is 0 Å². The number of carbonyl (C=O) groups is 14. The molecule has 0 saturated carbocycles. The number of aromatic nitrogens is 3. The quantitative estimate of drug-likeness (QED) is 0.0137. The zero-order chi connectivity index (χ0) is 77.1. The lowest BCUT2D eigenvalue weighted by atomic mass is 10.0. The monoisotopic (exact) mass is 1480 g/mol. The van der Waals surface area contributed by atoms with Crippen LogP contribution in [0.4, 0.5) is 0 Å². The number of guanidine groups is 1. The topological polar surface area (TPSA) is 568 Å². The minimum atomic E-state index is -1.78. The molecule has 4 aromatic rings. The highest BCUT2D eigenvalue weighted by atomic mass is 16.4. The zero-order valence-corrected chi connectivity index (χ0v) is 59.2. The summed E-state index contributed by atoms with van der Waals surface area (Å²) in [6.45, 7) is 0.0768. The third-order valence-corrected chi connectivity index (χ3v) is 17.5. The van der Waals surface area contributed by atoms with Crippen LogP contribution in [0.25, 0.3) is 10.9 Å². The second kappa shape index (κ2) is 43.9. The lowest BCUT2D eigenvalue weighted by molar-refractivity contribution is -0.140. The molecule has 0 bridgehead atoms. The first-order valence-corrected chi connectivity index (χ1v) is 35.1. The number of nitrogens with two attached hydrogens (primary N) is 3. The number of imidazole rings is 1. The molecule has 38 nitrogen and oxygen atoms in total. The van der Waals surface area contributed by atoms with Crippen LogP contribution in [0.1, 0.15) is 81.5 Å². The van der Waals surface area contributed by atoms with Gasteiger partial charge in [0.25, 0.3) is 0 Å². The van der Waals surface area contributed by atoms with Crippen LogP contribution < -0.4 is 70.4 Å². The number of nitrogens with one attached hydrogen (secondary N) is 12. The van der Waals surface area contributed by atoms with Gasteiger partial charge in [0, 0.05) is 114 Å². The van der Waals surface area contributed by atoms with Crippen molar-refractivity contribution in [3.05, 3.63) is 90.1 Å². The van der Waals surface area contributed by atoms with Crippen molar-refractivity contribution in [2.45, 2.75) is 126 Å². The average molecular weight is 1480 g/mol. The lowest BCUT2D eigenvalue weighted by Gasteiger charge is -2.32. The molecule has 2 aromatic carbocycles. The van der Waals surface area contributed by atoms with E-state index in [4.69, 9.17) is 17.2 Å². The number of unbranched alkanes of at least 4 members (excludes halogenated alkanes) is 1. The molecule has 38 heteroatoms. The van der Waals surface area contributed by atoms with Gasteiger partial charge in [-0.15, -0.1) is 0 Å². The van der Waals surface area contributed by atoms with Gasteiger partial charge in [0.15, 0.2) is 5.96 Å². The SMILES string of the molecule is CCCC[C@H](NC(=O)CNC(=O)CNC(=O)CN1CCN(CC(=O)O)CCN(CC(=O)O)CCN(CC(=O)O)CC1)C(=O)N[C@H]1CC(=O)NCCCC[C@@H](C(N)=O)NC(=O)[C@H](Cc2c[nH]c3ccccc23)NC(=O)[C@H](CCCN=C(N)N)NC(=O)[C@@H](Cc2ccccc2)NC(=O)[C@H](Cc2cnc[nH]2)NC1=O. The molecule has 4 heterocycles. The third kappa shape index (κ3) is 30.3. The smallest absolute Gasteiger partial charge is 0.317 e. The predicted molar refractivity (Wildman–Crippen MR) is 383 cm³/mol. The number of H-pyrrole nitrogens is 2. The summed E-state index contributed by atoms with van der Waals surface area (Å²) in [7, 11) is 0. The van der Waals surface area contributed by atoms with Crippen LogP contribution >= 0.6 is 0 Å². The summed E-state index contributed by atoms with van der Waals surface area (Å²) in [5, 5.41) is 55.7. The Morgan fingerprint density at radius 3 is 1.73 bits per heavy atom. The number of carboxylic acids is 3. The maximum Gasteiger partial charge on any atom is 0.317 e. The van der Waals surface area contributed by atoms with E-state index in [2.05, 4.69) is 73.1 Å². The predicted octanol–water partition coefficient (Wildman–Crippen LogP) is -5.56. The van der Waals surface area contributed by atoms with Gasteiger partial charge in [-0.25, -0.2) is 4.98 Å². The molecule has 2 saturated heterocycles. The van der Waals surface area contributed by atoms with Crippen LogP contribution in [0, 0.1) is 0 Å². The molecule has 7 atom stereocenters. The van der Waals surface area contributed by atoms with Crippen molar-refractivity contribution in [3.8, 4) is 0 Å². The van der Waals surface area contributed by atoms with Gasteiger partial charge in [0.1, 0.15) is 42.3 Å². The lowest BCUT2D eigenvalue weighted by Crippen LogP contribution is -2.61. The Bertz CT molecular complexity index is 3640. The van der Waals surface area contributed by atoms with Gasteiger partial charge in [-0.3, -0.25) is 91.7 Å². The highest BCUT2D eigenvalue weighted by Crippen LogP contribution is 2.20. The molecule has 578 valence electrons. The number of amides is 11. The third-order valence-electron chi connectivity index (χ3n) is 17.5. The van der Waals surface area contributed by atoms with Gasteiger partial charge in [-0.05, 0) is 55.7 Å². The van der Waals surface area contributed by atoms with Crippen molar-refractivity contribution >= 4 is 99.7 Å². The molecule has 0 spiro atoms. The summed E-state index contributed by atoms with van der Waals surface area (Å²) in [6.07, 6.45) is 4.15. The van der Waals surface area contributed by atoms with Crippen LogP contribution in [0.2, 0.25) is 0 Å². The first kappa shape index (κ1) is 83.8. The molecule has 11 amide bonds. The first-order chi connectivity index (χ1) is 50.7.